The van der Waals surface area contributed by atoms with Crippen molar-refractivity contribution in [3.05, 3.63) is 40.6 Å². The van der Waals surface area contributed by atoms with E-state index in [-0.39, 0.29) is 16.7 Å². The second-order valence-electron chi connectivity index (χ2n) is 10.2. The normalized spacial score (nSPS) is 32.5. The zero-order chi connectivity index (χ0) is 32.0. The smallest absolute Gasteiger partial charge is 0.229 e. The molecule has 0 amide bonds. The molecule has 0 unspecified atom stereocenters. The first-order valence-electron chi connectivity index (χ1n) is 13.2. The number of benzene rings is 2. The van der Waals surface area contributed by atoms with Gasteiger partial charge in [0.15, 0.2) is 28.3 Å². The molecule has 0 radical (unpaired) electrons. The largest absolute Gasteiger partial charge is 0.504 e. The molecule has 2 aliphatic rings. The molecular weight excluding hydrogens is 596 g/mol. The predicted molar refractivity (Wildman–Crippen MR) is 142 cm³/mol. The molecule has 10 atom stereocenters. The highest BCUT2D eigenvalue weighted by Gasteiger charge is 2.47. The summed E-state index contributed by atoms with van der Waals surface area (Å²) in [5, 5.41) is 111. The van der Waals surface area contributed by atoms with Gasteiger partial charge in [0.25, 0.3) is 0 Å². The Morgan fingerprint density at radius 2 is 1.25 bits per heavy atom. The van der Waals surface area contributed by atoms with Crippen molar-refractivity contribution in [2.24, 2.45) is 0 Å². The minimum Gasteiger partial charge on any atom is -0.504 e. The third-order valence-corrected chi connectivity index (χ3v) is 7.35. The molecule has 0 spiro atoms. The average Bonchev–Trinajstić information content (AvgIpc) is 3.00. The fourth-order valence-corrected chi connectivity index (χ4v) is 4.82. The van der Waals surface area contributed by atoms with Crippen LogP contribution >= 0.6 is 0 Å². The molecule has 0 aliphatic carbocycles. The minimum atomic E-state index is -1.97. The Labute approximate surface area is 246 Å². The molecule has 17 nitrogen and oxygen atoms in total. The number of phenols is 3. The molecule has 240 valence electrons. The van der Waals surface area contributed by atoms with Gasteiger partial charge in [-0.3, -0.25) is 4.79 Å². The van der Waals surface area contributed by atoms with Crippen molar-refractivity contribution >= 4 is 11.0 Å². The zero-order valence-corrected chi connectivity index (χ0v) is 22.4. The van der Waals surface area contributed by atoms with Crippen LogP contribution in [-0.4, -0.2) is 131 Å². The number of fused-ring (bicyclic) bond motifs is 1. The van der Waals surface area contributed by atoms with E-state index in [1.54, 1.807) is 0 Å². The van der Waals surface area contributed by atoms with Crippen molar-refractivity contribution in [3.8, 4) is 40.1 Å². The van der Waals surface area contributed by atoms with Gasteiger partial charge >= 0.3 is 0 Å². The van der Waals surface area contributed by atoms with Gasteiger partial charge in [-0.25, -0.2) is 0 Å². The summed E-state index contributed by atoms with van der Waals surface area (Å²) < 4.78 is 27.7. The van der Waals surface area contributed by atoms with Crippen molar-refractivity contribution in [1.29, 1.82) is 0 Å². The van der Waals surface area contributed by atoms with Gasteiger partial charge in [-0.2, -0.15) is 0 Å². The molecule has 0 bridgehead atoms. The highest BCUT2D eigenvalue weighted by molar-refractivity contribution is 5.89. The topological polar surface area (TPSA) is 290 Å². The second kappa shape index (κ2) is 12.3. The van der Waals surface area contributed by atoms with Crippen LogP contribution in [0.2, 0.25) is 0 Å². The van der Waals surface area contributed by atoms with Crippen molar-refractivity contribution in [2.45, 2.75) is 61.4 Å². The van der Waals surface area contributed by atoms with Crippen LogP contribution < -0.4 is 14.9 Å². The van der Waals surface area contributed by atoms with E-state index in [2.05, 4.69) is 0 Å². The number of hydrogen-bond donors (Lipinski definition) is 11. The van der Waals surface area contributed by atoms with Crippen LogP contribution in [0, 0.1) is 0 Å². The Hall–Kier alpha value is -3.75. The summed E-state index contributed by atoms with van der Waals surface area (Å²) in [7, 11) is 0. The van der Waals surface area contributed by atoms with Crippen LogP contribution in [0.1, 0.15) is 0 Å². The van der Waals surface area contributed by atoms with Crippen molar-refractivity contribution in [3.63, 3.8) is 0 Å². The van der Waals surface area contributed by atoms with Crippen LogP contribution in [0.15, 0.2) is 39.5 Å². The average molecular weight is 627 g/mol. The van der Waals surface area contributed by atoms with Gasteiger partial charge in [0.2, 0.25) is 24.1 Å². The molecule has 3 heterocycles. The molecule has 2 saturated heterocycles. The lowest BCUT2D eigenvalue weighted by Crippen LogP contribution is -2.60. The van der Waals surface area contributed by atoms with E-state index in [1.165, 1.54) is 6.07 Å². The summed E-state index contributed by atoms with van der Waals surface area (Å²) >= 11 is 0. The maximum Gasteiger partial charge on any atom is 0.229 e. The highest BCUT2D eigenvalue weighted by atomic mass is 16.7. The van der Waals surface area contributed by atoms with Crippen LogP contribution in [0.5, 0.6) is 28.7 Å². The fourth-order valence-electron chi connectivity index (χ4n) is 4.82. The van der Waals surface area contributed by atoms with Gasteiger partial charge < -0.3 is 79.5 Å². The summed E-state index contributed by atoms with van der Waals surface area (Å²) in [6.07, 6.45) is -17.7. The summed E-state index contributed by atoms with van der Waals surface area (Å²) in [5.74, 6) is -3.53. The fraction of sp³-hybridized carbons (Fsp3) is 0.444. The molecular formula is C27H30O17. The Morgan fingerprint density at radius 3 is 1.80 bits per heavy atom. The van der Waals surface area contributed by atoms with E-state index in [0.29, 0.717) is 0 Å². The quantitative estimate of drug-likeness (QED) is 0.116. The Balaban J connectivity index is 1.64. The minimum absolute atomic E-state index is 0.0965. The molecule has 2 aliphatic heterocycles. The van der Waals surface area contributed by atoms with E-state index in [1.807, 2.05) is 0 Å². The molecule has 11 N–H and O–H groups in total. The first kappa shape index (κ1) is 31.7. The summed E-state index contributed by atoms with van der Waals surface area (Å²) in [6.45, 7) is -1.61. The number of hydrogen-bond acceptors (Lipinski definition) is 17. The molecule has 1 aromatic heterocycles. The van der Waals surface area contributed by atoms with Gasteiger partial charge in [-0.1, -0.05) is 0 Å². The first-order valence-corrected chi connectivity index (χ1v) is 13.2. The van der Waals surface area contributed by atoms with E-state index < -0.39 is 114 Å². The Kier molecular flexibility index (Phi) is 8.87. The van der Waals surface area contributed by atoms with E-state index in [4.69, 9.17) is 23.4 Å². The molecule has 44 heavy (non-hydrogen) atoms. The van der Waals surface area contributed by atoms with Crippen molar-refractivity contribution in [2.75, 3.05) is 13.2 Å². The van der Waals surface area contributed by atoms with Crippen LogP contribution in [0.3, 0.4) is 0 Å². The Morgan fingerprint density at radius 1 is 0.682 bits per heavy atom. The number of aliphatic hydroxyl groups is 8. The highest BCUT2D eigenvalue weighted by Crippen LogP contribution is 2.45. The predicted octanol–water partition coefficient (Wildman–Crippen LogP) is -3.07. The number of ether oxygens (including phenoxy) is 4. The van der Waals surface area contributed by atoms with Crippen molar-refractivity contribution < 1.29 is 79.5 Å². The van der Waals surface area contributed by atoms with Crippen molar-refractivity contribution in [1.82, 2.24) is 0 Å². The van der Waals surface area contributed by atoms with Crippen LogP contribution in [-0.2, 0) is 9.47 Å². The summed E-state index contributed by atoms with van der Waals surface area (Å²) in [4.78, 5) is 13.3. The maximum atomic E-state index is 13.3. The molecule has 5 rings (SSSR count). The standard InChI is InChI=1S/C27H30O17/c28-6-15-17(33)20(36)22(38)26(42-15)41-14-4-9-11(31)5-13(8-1-2-10(30)12(32)3-8)40-24(9)25(19(14)35)44-27-23(39)21(37)18(34)16(7-29)43-27/h1-5,15-18,20-23,26-30,32-39H,6-7H2/t15-,16-,17-,18-,20+,21+,22-,23-,26-,27+/m1/s1. The van der Waals surface area contributed by atoms with E-state index >= 15 is 0 Å². The van der Waals surface area contributed by atoms with Gasteiger partial charge in [0.05, 0.1) is 18.6 Å². The van der Waals surface area contributed by atoms with Gasteiger partial charge in [-0.05, 0) is 24.3 Å². The second-order valence-corrected chi connectivity index (χ2v) is 10.2. The third kappa shape index (κ3) is 5.61. The lowest BCUT2D eigenvalue weighted by Gasteiger charge is -2.40. The first-order chi connectivity index (χ1) is 20.9. The summed E-state index contributed by atoms with van der Waals surface area (Å²) in [5.41, 5.74) is -1.18. The summed E-state index contributed by atoms with van der Waals surface area (Å²) in [6, 6.07) is 5.44. The monoisotopic (exact) mass is 626 g/mol. The van der Waals surface area contributed by atoms with Gasteiger partial charge in [0, 0.05) is 11.6 Å². The van der Waals surface area contributed by atoms with E-state index in [0.717, 1.165) is 24.3 Å². The molecule has 2 aromatic carbocycles. The van der Waals surface area contributed by atoms with Gasteiger partial charge in [-0.15, -0.1) is 0 Å². The molecule has 17 heteroatoms. The zero-order valence-electron chi connectivity index (χ0n) is 22.4. The number of aliphatic hydroxyl groups excluding tert-OH is 8. The van der Waals surface area contributed by atoms with Gasteiger partial charge in [0.1, 0.15) is 54.6 Å². The number of rotatable bonds is 7. The van der Waals surface area contributed by atoms with E-state index in [9.17, 15) is 61.0 Å². The number of phenolic OH excluding ortho intramolecular Hbond substituents is 3. The lowest BCUT2D eigenvalue weighted by atomic mass is 9.99. The maximum absolute atomic E-state index is 13.3. The molecule has 2 fully saturated rings. The van der Waals surface area contributed by atoms with Crippen LogP contribution in [0.25, 0.3) is 22.3 Å². The SMILES string of the molecule is O=c1cc(-c2ccc(O)c(O)c2)oc2c(O[C@@H]3O[C@H](CO)[C@@H](O)[C@H](O)[C@H]3O)c(O)c(O[C@@H]3O[C@H](CO)[C@@H](O)[C@H](O)[C@H]3O)cc12. The molecule has 3 aromatic rings. The third-order valence-electron chi connectivity index (χ3n) is 7.35. The lowest BCUT2D eigenvalue weighted by molar-refractivity contribution is -0.279. The Bertz CT molecular complexity index is 1550. The van der Waals surface area contributed by atoms with Crippen LogP contribution in [0.4, 0.5) is 0 Å². The molecule has 0 saturated carbocycles. The number of aromatic hydroxyl groups is 3.